The summed E-state index contributed by atoms with van der Waals surface area (Å²) in [7, 11) is 1.43. The maximum Gasteiger partial charge on any atom is 0.318 e. The van der Waals surface area contributed by atoms with Gasteiger partial charge in [-0.3, -0.25) is 10.1 Å². The summed E-state index contributed by atoms with van der Waals surface area (Å²) >= 11 is 0. The minimum absolute atomic E-state index is 0.287. The zero-order chi connectivity index (χ0) is 13.8. The van der Waals surface area contributed by atoms with Crippen molar-refractivity contribution in [1.29, 1.82) is 0 Å². The molecular weight excluding hydrogens is 250 g/mol. The molecule has 2 rings (SSSR count). The Balaban J connectivity index is 2.22. The molecule has 100 valence electrons. The van der Waals surface area contributed by atoms with Crippen LogP contribution in [0.4, 0.5) is 4.79 Å². The fraction of sp³-hybridized carbons (Fsp3) is 0.250. The van der Waals surface area contributed by atoms with Crippen molar-refractivity contribution in [2.75, 3.05) is 7.05 Å². The van der Waals surface area contributed by atoms with Gasteiger partial charge in [0.25, 0.3) is 0 Å². The Morgan fingerprint density at radius 1 is 1.32 bits per heavy atom. The van der Waals surface area contributed by atoms with Crippen LogP contribution >= 0.6 is 0 Å². The van der Waals surface area contributed by atoms with E-state index in [2.05, 4.69) is 15.8 Å². The van der Waals surface area contributed by atoms with Gasteiger partial charge in [-0.25, -0.2) is 4.79 Å². The molecule has 0 aromatic heterocycles. The molecule has 1 aromatic rings. The molecular formula is C12H13N3O4. The molecule has 0 radical (unpaired) electrons. The first kappa shape index (κ1) is 12.9. The van der Waals surface area contributed by atoms with Crippen LogP contribution in [-0.2, 0) is 9.63 Å². The van der Waals surface area contributed by atoms with Crippen LogP contribution in [0.25, 0.3) is 0 Å². The summed E-state index contributed by atoms with van der Waals surface area (Å²) in [5.41, 5.74) is 0.936. The predicted molar refractivity (Wildman–Crippen MR) is 66.6 cm³/mol. The second kappa shape index (κ2) is 5.38. The van der Waals surface area contributed by atoms with E-state index in [0.717, 1.165) is 0 Å². The Morgan fingerprint density at radius 3 is 2.58 bits per heavy atom. The molecule has 0 saturated heterocycles. The van der Waals surface area contributed by atoms with Crippen molar-refractivity contribution in [2.45, 2.75) is 6.23 Å². The number of carboxylic acid groups (broad SMARTS) is 1. The minimum Gasteiger partial charge on any atom is -0.481 e. The molecule has 1 aliphatic rings. The number of urea groups is 1. The summed E-state index contributed by atoms with van der Waals surface area (Å²) in [5.74, 6) is -2.15. The van der Waals surface area contributed by atoms with Crippen molar-refractivity contribution < 1.29 is 19.5 Å². The first-order valence-corrected chi connectivity index (χ1v) is 5.63. The van der Waals surface area contributed by atoms with E-state index in [-0.39, 0.29) is 5.71 Å². The normalized spacial score (nSPS) is 21.2. The van der Waals surface area contributed by atoms with Crippen LogP contribution in [0.15, 0.2) is 35.5 Å². The van der Waals surface area contributed by atoms with Gasteiger partial charge >= 0.3 is 12.0 Å². The zero-order valence-electron chi connectivity index (χ0n) is 10.2. The summed E-state index contributed by atoms with van der Waals surface area (Å²) in [6, 6.07) is 8.31. The number of rotatable bonds is 3. The summed E-state index contributed by atoms with van der Waals surface area (Å²) in [6.45, 7) is 0. The third-order valence-corrected chi connectivity index (χ3v) is 2.70. The lowest BCUT2D eigenvalue weighted by Crippen LogP contribution is -2.47. The number of hydrogen-bond donors (Lipinski definition) is 3. The van der Waals surface area contributed by atoms with Gasteiger partial charge in [0.2, 0.25) is 6.23 Å². The highest BCUT2D eigenvalue weighted by Gasteiger charge is 2.41. The monoisotopic (exact) mass is 263 g/mol. The highest BCUT2D eigenvalue weighted by molar-refractivity contribution is 6.12. The number of carboxylic acids is 1. The number of carbonyl (C=O) groups is 2. The minimum atomic E-state index is -1.11. The van der Waals surface area contributed by atoms with Gasteiger partial charge in [0, 0.05) is 12.6 Å². The van der Waals surface area contributed by atoms with E-state index < -0.39 is 24.1 Å². The molecule has 2 amide bonds. The van der Waals surface area contributed by atoms with Crippen molar-refractivity contribution in [2.24, 2.45) is 11.1 Å². The smallest absolute Gasteiger partial charge is 0.318 e. The average Bonchev–Trinajstić information content (AvgIpc) is 2.83. The van der Waals surface area contributed by atoms with Crippen LogP contribution in [0.1, 0.15) is 5.56 Å². The second-order valence-corrected chi connectivity index (χ2v) is 3.91. The van der Waals surface area contributed by atoms with Crippen LogP contribution in [0.5, 0.6) is 0 Å². The van der Waals surface area contributed by atoms with Gasteiger partial charge in [-0.05, 0) is 0 Å². The van der Waals surface area contributed by atoms with Crippen molar-refractivity contribution >= 4 is 17.7 Å². The summed E-state index contributed by atoms with van der Waals surface area (Å²) in [5, 5.41) is 17.8. The van der Waals surface area contributed by atoms with E-state index >= 15 is 0 Å². The maximum atomic E-state index is 11.3. The maximum absolute atomic E-state index is 11.3. The van der Waals surface area contributed by atoms with Gasteiger partial charge in [0.05, 0.1) is 0 Å². The lowest BCUT2D eigenvalue weighted by Gasteiger charge is -2.16. The first-order valence-electron chi connectivity index (χ1n) is 5.63. The number of nitrogens with zero attached hydrogens (tertiary/aromatic N) is 1. The number of hydrogen-bond acceptors (Lipinski definition) is 4. The standard InChI is InChI=1S/C12H13N3O4/c1-13-12(18)14-10-8(11(16)17)9(15-19-10)7-5-3-2-4-6-7/h2-6,8,10H,1H3,(H,16,17)(H2,13,14,18)/t8-,10+/m0/s1. The van der Waals surface area contributed by atoms with Crippen LogP contribution < -0.4 is 10.6 Å². The van der Waals surface area contributed by atoms with Crippen molar-refractivity contribution in [3.8, 4) is 0 Å². The fourth-order valence-corrected chi connectivity index (χ4v) is 1.77. The van der Waals surface area contributed by atoms with Gasteiger partial charge in [0.1, 0.15) is 5.71 Å². The van der Waals surface area contributed by atoms with E-state index in [1.54, 1.807) is 24.3 Å². The molecule has 3 N–H and O–H groups in total. The first-order chi connectivity index (χ1) is 9.13. The SMILES string of the molecule is CNC(=O)N[C@@H]1ON=C(c2ccccc2)[C@@H]1C(=O)O. The van der Waals surface area contributed by atoms with Crippen LogP contribution in [0.2, 0.25) is 0 Å². The van der Waals surface area contributed by atoms with Crippen molar-refractivity contribution in [3.63, 3.8) is 0 Å². The second-order valence-electron chi connectivity index (χ2n) is 3.91. The molecule has 0 saturated carbocycles. The van der Waals surface area contributed by atoms with Crippen molar-refractivity contribution in [1.82, 2.24) is 10.6 Å². The van der Waals surface area contributed by atoms with Gasteiger partial charge in [-0.1, -0.05) is 35.5 Å². The molecule has 1 aromatic carbocycles. The van der Waals surface area contributed by atoms with E-state index in [4.69, 9.17) is 4.84 Å². The highest BCUT2D eigenvalue weighted by atomic mass is 16.7. The van der Waals surface area contributed by atoms with Crippen LogP contribution in [-0.4, -0.2) is 36.1 Å². The lowest BCUT2D eigenvalue weighted by molar-refractivity contribution is -0.142. The number of nitrogens with one attached hydrogen (secondary N) is 2. The van der Waals surface area contributed by atoms with Gasteiger partial charge in [-0.2, -0.15) is 0 Å². The Morgan fingerprint density at radius 2 is 2.00 bits per heavy atom. The van der Waals surface area contributed by atoms with Crippen LogP contribution in [0, 0.1) is 5.92 Å². The lowest BCUT2D eigenvalue weighted by atomic mass is 9.96. The molecule has 1 heterocycles. The molecule has 0 fully saturated rings. The van der Waals surface area contributed by atoms with Gasteiger partial charge < -0.3 is 15.3 Å². The molecule has 0 aliphatic carbocycles. The molecule has 7 nitrogen and oxygen atoms in total. The molecule has 7 heteroatoms. The quantitative estimate of drug-likeness (QED) is 0.733. The molecule has 1 aliphatic heterocycles. The highest BCUT2D eigenvalue weighted by Crippen LogP contribution is 2.22. The molecule has 2 atom stereocenters. The molecule has 19 heavy (non-hydrogen) atoms. The Bertz CT molecular complexity index is 515. The van der Waals surface area contributed by atoms with Crippen LogP contribution in [0.3, 0.4) is 0 Å². The topological polar surface area (TPSA) is 100 Å². The molecule has 0 unspecified atom stereocenters. The Labute approximate surface area is 109 Å². The fourth-order valence-electron chi connectivity index (χ4n) is 1.77. The van der Waals surface area contributed by atoms with Crippen molar-refractivity contribution in [3.05, 3.63) is 35.9 Å². The number of oxime groups is 1. The number of carbonyl (C=O) groups excluding carboxylic acids is 1. The molecule has 0 bridgehead atoms. The average molecular weight is 263 g/mol. The van der Waals surface area contributed by atoms with E-state index in [1.165, 1.54) is 7.05 Å². The Kier molecular flexibility index (Phi) is 3.65. The summed E-state index contributed by atoms with van der Waals surface area (Å²) < 4.78 is 0. The van der Waals surface area contributed by atoms with E-state index in [1.807, 2.05) is 6.07 Å². The van der Waals surface area contributed by atoms with E-state index in [9.17, 15) is 14.7 Å². The third-order valence-electron chi connectivity index (χ3n) is 2.70. The zero-order valence-corrected chi connectivity index (χ0v) is 10.2. The predicted octanol–water partition coefficient (Wildman–Crippen LogP) is 0.377. The van der Waals surface area contributed by atoms with E-state index in [0.29, 0.717) is 5.56 Å². The Hall–Kier alpha value is -2.57. The summed E-state index contributed by atoms with van der Waals surface area (Å²) in [6.07, 6.45) is -1.02. The molecule has 0 spiro atoms. The third kappa shape index (κ3) is 2.65. The number of benzene rings is 1. The largest absolute Gasteiger partial charge is 0.481 e. The number of aliphatic carboxylic acids is 1. The van der Waals surface area contributed by atoms with Gasteiger partial charge in [0.15, 0.2) is 5.92 Å². The summed E-state index contributed by atoms with van der Waals surface area (Å²) in [4.78, 5) is 27.6. The van der Waals surface area contributed by atoms with Gasteiger partial charge in [-0.15, -0.1) is 0 Å². The number of amides is 2.